The van der Waals surface area contributed by atoms with Crippen LogP contribution < -0.4 is 0 Å². The quantitative estimate of drug-likeness (QED) is 0.147. The molecule has 0 heterocycles. The largest absolute Gasteiger partial charge is 0.379 e. The highest BCUT2D eigenvalue weighted by atomic mass is 32.2. The molecule has 0 spiro atoms. The summed E-state index contributed by atoms with van der Waals surface area (Å²) in [5, 5.41) is 0.533. The van der Waals surface area contributed by atoms with Crippen LogP contribution in [0.2, 0.25) is 0 Å². The van der Waals surface area contributed by atoms with Gasteiger partial charge in [0.25, 0.3) is 0 Å². The molecular weight excluding hydrogens is 504 g/mol. The molecule has 11 heteroatoms. The predicted octanol–water partition coefficient (Wildman–Crippen LogP) is 3.00. The Balaban J connectivity index is 0. The molecular formula is C26H48O10S. The van der Waals surface area contributed by atoms with Gasteiger partial charge in [-0.15, -0.1) is 11.8 Å². The molecule has 10 nitrogen and oxygen atoms in total. The van der Waals surface area contributed by atoms with E-state index >= 15 is 0 Å². The van der Waals surface area contributed by atoms with E-state index in [4.69, 9.17) is 38.0 Å². The van der Waals surface area contributed by atoms with Crippen molar-refractivity contribution >= 4 is 29.5 Å². The van der Waals surface area contributed by atoms with Crippen molar-refractivity contribution in [3.8, 4) is 0 Å². The van der Waals surface area contributed by atoms with Crippen molar-refractivity contribution < 1.29 is 47.6 Å². The molecule has 37 heavy (non-hydrogen) atoms. The summed E-state index contributed by atoms with van der Waals surface area (Å²) in [5.41, 5.74) is 0. The van der Waals surface area contributed by atoms with Crippen LogP contribution in [-0.2, 0) is 47.6 Å². The molecule has 0 aliphatic rings. The highest BCUT2D eigenvalue weighted by Crippen LogP contribution is 2.18. The van der Waals surface area contributed by atoms with E-state index in [-0.39, 0.29) is 23.1 Å². The Morgan fingerprint density at radius 3 is 1.27 bits per heavy atom. The first-order valence-corrected chi connectivity index (χ1v) is 13.9. The normalized spacial score (nSPS) is 11.8. The van der Waals surface area contributed by atoms with Crippen LogP contribution in [0.25, 0.3) is 0 Å². The van der Waals surface area contributed by atoms with Gasteiger partial charge in [0, 0.05) is 25.4 Å². The Hall–Kier alpha value is -1.17. The van der Waals surface area contributed by atoms with Gasteiger partial charge in [-0.05, 0) is 18.6 Å². The average Bonchev–Trinajstić information content (AvgIpc) is 2.84. The minimum absolute atomic E-state index is 0.0613. The number of thioether (sulfide) groups is 1. The number of hydrogen-bond acceptors (Lipinski definition) is 11. The van der Waals surface area contributed by atoms with Gasteiger partial charge < -0.3 is 28.4 Å². The van der Waals surface area contributed by atoms with Crippen LogP contribution in [0.15, 0.2) is 0 Å². The van der Waals surface area contributed by atoms with Crippen LogP contribution in [0.1, 0.15) is 53.9 Å². The molecule has 0 fully saturated rings. The SMILES string of the molecule is CC(C)SC(C)C(=O)CCCOCCOCCOCCOCCOCCOCCC(=O)C(C)C.O=C=O. The lowest BCUT2D eigenvalue weighted by Gasteiger charge is -2.12. The topological polar surface area (TPSA) is 124 Å². The van der Waals surface area contributed by atoms with Gasteiger partial charge in [-0.3, -0.25) is 9.59 Å². The zero-order valence-electron chi connectivity index (χ0n) is 23.3. The molecule has 0 amide bonds. The lowest BCUT2D eigenvalue weighted by Crippen LogP contribution is -2.16. The Kier molecular flexibility index (Phi) is 30.2. The Bertz CT molecular complexity index is 566. The first-order chi connectivity index (χ1) is 17.8. The molecule has 218 valence electrons. The summed E-state index contributed by atoms with van der Waals surface area (Å²) in [6, 6.07) is 0. The molecule has 0 bridgehead atoms. The van der Waals surface area contributed by atoms with Crippen molar-refractivity contribution in [2.75, 3.05) is 79.3 Å². The highest BCUT2D eigenvalue weighted by Gasteiger charge is 2.14. The fourth-order valence-corrected chi connectivity index (χ4v) is 3.79. The molecule has 1 unspecified atom stereocenters. The van der Waals surface area contributed by atoms with Crippen LogP contribution in [0.4, 0.5) is 0 Å². The monoisotopic (exact) mass is 552 g/mol. The summed E-state index contributed by atoms with van der Waals surface area (Å²) in [6.07, 6.45) is 2.03. The number of ketones is 2. The van der Waals surface area contributed by atoms with Crippen LogP contribution in [0, 0.1) is 5.92 Å². The fraction of sp³-hybridized carbons (Fsp3) is 0.885. The van der Waals surface area contributed by atoms with Crippen LogP contribution >= 0.6 is 11.8 Å². The molecule has 0 radical (unpaired) electrons. The smallest absolute Gasteiger partial charge is 0.373 e. The summed E-state index contributed by atoms with van der Waals surface area (Å²) in [6.45, 7) is 16.1. The van der Waals surface area contributed by atoms with Gasteiger partial charge in [-0.25, -0.2) is 0 Å². The van der Waals surface area contributed by atoms with Gasteiger partial charge in [0.2, 0.25) is 0 Å². The van der Waals surface area contributed by atoms with Crippen molar-refractivity contribution in [2.24, 2.45) is 5.92 Å². The van der Waals surface area contributed by atoms with Crippen LogP contribution in [-0.4, -0.2) is 108 Å². The minimum Gasteiger partial charge on any atom is -0.379 e. The second kappa shape index (κ2) is 29.4. The van der Waals surface area contributed by atoms with Crippen molar-refractivity contribution in [1.29, 1.82) is 0 Å². The minimum atomic E-state index is 0.0613. The van der Waals surface area contributed by atoms with E-state index in [1.54, 1.807) is 11.8 Å². The van der Waals surface area contributed by atoms with E-state index in [9.17, 15) is 9.59 Å². The number of hydrogen-bond donors (Lipinski definition) is 0. The van der Waals surface area contributed by atoms with Crippen LogP contribution in [0.5, 0.6) is 0 Å². The zero-order chi connectivity index (χ0) is 28.2. The van der Waals surface area contributed by atoms with Crippen molar-refractivity contribution in [2.45, 2.75) is 64.4 Å². The van der Waals surface area contributed by atoms with E-state index in [0.717, 1.165) is 6.42 Å². The van der Waals surface area contributed by atoms with Crippen molar-refractivity contribution in [1.82, 2.24) is 0 Å². The van der Waals surface area contributed by atoms with Gasteiger partial charge in [0.05, 0.1) is 77.9 Å². The summed E-state index contributed by atoms with van der Waals surface area (Å²) in [5.74, 6) is 0.583. The summed E-state index contributed by atoms with van der Waals surface area (Å²) in [7, 11) is 0. The molecule has 0 aromatic carbocycles. The first-order valence-electron chi connectivity index (χ1n) is 12.9. The lowest BCUT2D eigenvalue weighted by molar-refractivity contribution is -0.191. The van der Waals surface area contributed by atoms with E-state index in [0.29, 0.717) is 103 Å². The summed E-state index contributed by atoms with van der Waals surface area (Å²) in [4.78, 5) is 39.6. The predicted molar refractivity (Wildman–Crippen MR) is 141 cm³/mol. The van der Waals surface area contributed by atoms with Gasteiger partial charge in [0.1, 0.15) is 11.6 Å². The molecule has 0 saturated heterocycles. The second-order valence-corrected chi connectivity index (χ2v) is 10.4. The van der Waals surface area contributed by atoms with Gasteiger partial charge in [-0.1, -0.05) is 27.7 Å². The number of carbonyl (C=O) groups excluding carboxylic acids is 4. The maximum atomic E-state index is 12.0. The van der Waals surface area contributed by atoms with E-state index in [2.05, 4.69) is 13.8 Å². The zero-order valence-corrected chi connectivity index (χ0v) is 24.1. The van der Waals surface area contributed by atoms with E-state index in [1.165, 1.54) is 0 Å². The summed E-state index contributed by atoms with van der Waals surface area (Å²) >= 11 is 1.71. The molecule has 0 aliphatic heterocycles. The number of Topliss-reactive ketones (excluding diaryl/α,β-unsaturated/α-hetero) is 2. The molecule has 1 atom stereocenters. The fourth-order valence-electron chi connectivity index (χ4n) is 2.70. The van der Waals surface area contributed by atoms with Crippen molar-refractivity contribution in [3.63, 3.8) is 0 Å². The third kappa shape index (κ3) is 30.9. The Labute approximate surface area is 226 Å². The van der Waals surface area contributed by atoms with Gasteiger partial charge in [0.15, 0.2) is 0 Å². The number of carbonyl (C=O) groups is 2. The molecule has 0 aliphatic carbocycles. The van der Waals surface area contributed by atoms with E-state index in [1.807, 2.05) is 20.8 Å². The number of ether oxygens (including phenoxy) is 6. The highest BCUT2D eigenvalue weighted by molar-refractivity contribution is 8.01. The maximum Gasteiger partial charge on any atom is 0.373 e. The number of rotatable bonds is 26. The summed E-state index contributed by atoms with van der Waals surface area (Å²) < 4.78 is 32.6. The van der Waals surface area contributed by atoms with Gasteiger partial charge >= 0.3 is 6.15 Å². The molecule has 0 saturated carbocycles. The standard InChI is InChI=1S/C25H48O8S.CO2/c1-21(2)24(26)8-10-29-12-14-31-16-18-33-20-19-32-17-15-30-13-11-28-9-6-7-25(27)23(5)34-22(3)4;2-1-3/h21-23H,6-20H2,1-5H3;. The Morgan fingerprint density at radius 1 is 0.568 bits per heavy atom. The van der Waals surface area contributed by atoms with E-state index < -0.39 is 0 Å². The van der Waals surface area contributed by atoms with Crippen molar-refractivity contribution in [3.05, 3.63) is 0 Å². The molecule has 0 aromatic heterocycles. The second-order valence-electron chi connectivity index (χ2n) is 8.53. The van der Waals surface area contributed by atoms with Crippen LogP contribution in [0.3, 0.4) is 0 Å². The molecule has 0 aromatic rings. The maximum absolute atomic E-state index is 12.0. The molecule has 0 rings (SSSR count). The molecule has 0 N–H and O–H groups in total. The third-order valence-electron chi connectivity index (χ3n) is 4.64. The van der Waals surface area contributed by atoms with Gasteiger partial charge in [-0.2, -0.15) is 9.59 Å². The Morgan fingerprint density at radius 2 is 0.919 bits per heavy atom. The third-order valence-corrected chi connectivity index (χ3v) is 5.85. The lowest BCUT2D eigenvalue weighted by atomic mass is 10.1. The first kappa shape index (κ1) is 38.0. The average molecular weight is 553 g/mol.